The number of nitrogen functional groups attached to an aromatic ring is 3. The molecule has 0 aliphatic carbocycles. The van der Waals surface area contributed by atoms with E-state index in [1.165, 1.54) is 0 Å². The molecule has 0 spiro atoms. The second-order valence-corrected chi connectivity index (χ2v) is 3.37. The molecule has 2 rings (SSSR count). The van der Waals surface area contributed by atoms with Crippen LogP contribution in [0.1, 0.15) is 5.76 Å². The normalized spacial score (nSPS) is 10.4. The van der Waals surface area contributed by atoms with Gasteiger partial charge in [-0.05, 0) is 12.1 Å². The van der Waals surface area contributed by atoms with Gasteiger partial charge in [-0.3, -0.25) is 5.73 Å². The van der Waals surface area contributed by atoms with Crippen molar-refractivity contribution in [2.24, 2.45) is 0 Å². The number of nitrogens with one attached hydrogen (secondary N) is 1. The average molecular weight is 236 g/mol. The van der Waals surface area contributed by atoms with Crippen LogP contribution in [0.25, 0.3) is 0 Å². The molecule has 0 saturated heterocycles. The maximum atomic E-state index is 11.3. The van der Waals surface area contributed by atoms with E-state index in [4.69, 9.17) is 21.6 Å². The Morgan fingerprint density at radius 2 is 2.12 bits per heavy atom. The first-order valence-corrected chi connectivity index (χ1v) is 4.80. The van der Waals surface area contributed by atoms with Crippen LogP contribution in [0.5, 0.6) is 0 Å². The minimum Gasteiger partial charge on any atom is -0.691 e. The molecular weight excluding hydrogens is 224 g/mol. The Kier molecular flexibility index (Phi) is 2.61. The molecular formula is C9H12N6O2. The number of furan rings is 1. The van der Waals surface area contributed by atoms with Crippen LogP contribution in [0.2, 0.25) is 0 Å². The fourth-order valence-electron chi connectivity index (χ4n) is 1.28. The minimum absolute atomic E-state index is 0.0111. The number of rotatable bonds is 3. The van der Waals surface area contributed by atoms with Crippen LogP contribution in [0.4, 0.5) is 23.0 Å². The molecule has 0 aliphatic rings. The zero-order valence-corrected chi connectivity index (χ0v) is 8.88. The molecule has 0 atom stereocenters. The van der Waals surface area contributed by atoms with E-state index in [2.05, 4.69) is 10.4 Å². The van der Waals surface area contributed by atoms with Gasteiger partial charge in [0, 0.05) is 0 Å². The zero-order valence-electron chi connectivity index (χ0n) is 8.88. The maximum Gasteiger partial charge on any atom is 0.322 e. The van der Waals surface area contributed by atoms with E-state index in [0.717, 1.165) is 0 Å². The van der Waals surface area contributed by atoms with E-state index >= 15 is 0 Å². The lowest BCUT2D eigenvalue weighted by atomic mass is 10.3. The Bertz CT molecular complexity index is 525. The van der Waals surface area contributed by atoms with Crippen molar-refractivity contribution in [1.29, 1.82) is 0 Å². The summed E-state index contributed by atoms with van der Waals surface area (Å²) in [5.41, 5.74) is 16.8. The summed E-state index contributed by atoms with van der Waals surface area (Å²) in [5, 5.41) is 17.7. The minimum atomic E-state index is -0.217. The van der Waals surface area contributed by atoms with Crippen LogP contribution in [0, 0.1) is 5.21 Å². The molecule has 17 heavy (non-hydrogen) atoms. The highest BCUT2D eigenvalue weighted by molar-refractivity contribution is 5.80. The summed E-state index contributed by atoms with van der Waals surface area (Å²) in [6, 6.07) is 3.52. The number of nitrogens with two attached hydrogens (primary N) is 3. The molecule has 0 amide bonds. The summed E-state index contributed by atoms with van der Waals surface area (Å²) in [6.07, 6.45) is 1.54. The highest BCUT2D eigenvalue weighted by Crippen LogP contribution is 2.24. The number of aromatic nitrogens is 2. The van der Waals surface area contributed by atoms with Gasteiger partial charge in [-0.1, -0.05) is 5.10 Å². The van der Waals surface area contributed by atoms with Crippen molar-refractivity contribution in [2.45, 2.75) is 6.54 Å². The molecule has 2 heterocycles. The predicted octanol–water partition coefficient (Wildman–Crippen LogP) is -0.333. The van der Waals surface area contributed by atoms with Gasteiger partial charge >= 0.3 is 5.82 Å². The average Bonchev–Trinajstić information content (AvgIpc) is 2.82. The molecule has 0 saturated carbocycles. The number of hydrogen-bond acceptors (Lipinski definition) is 7. The molecule has 0 radical (unpaired) electrons. The summed E-state index contributed by atoms with van der Waals surface area (Å²) in [4.78, 5) is 0.218. The quantitative estimate of drug-likeness (QED) is 0.421. The SMILES string of the molecule is Nc1c(NCc2ccco2)n[n+]([O-])c(N)c1N. The van der Waals surface area contributed by atoms with Crippen LogP contribution in [0.3, 0.4) is 0 Å². The van der Waals surface area contributed by atoms with Crippen LogP contribution < -0.4 is 27.4 Å². The summed E-state index contributed by atoms with van der Waals surface area (Å²) in [5.74, 6) is 0.633. The smallest absolute Gasteiger partial charge is 0.322 e. The zero-order chi connectivity index (χ0) is 12.4. The van der Waals surface area contributed by atoms with Crippen LogP contribution >= 0.6 is 0 Å². The third-order valence-corrected chi connectivity index (χ3v) is 2.23. The van der Waals surface area contributed by atoms with Gasteiger partial charge in [-0.2, -0.15) is 0 Å². The Balaban J connectivity index is 2.22. The summed E-state index contributed by atoms with van der Waals surface area (Å²) >= 11 is 0. The fourth-order valence-corrected chi connectivity index (χ4v) is 1.28. The first kappa shape index (κ1) is 10.9. The number of nitrogens with zero attached hydrogens (tertiary/aromatic N) is 2. The molecule has 0 bridgehead atoms. The monoisotopic (exact) mass is 236 g/mol. The second-order valence-electron chi connectivity index (χ2n) is 3.37. The molecule has 7 N–H and O–H groups in total. The fraction of sp³-hybridized carbons (Fsp3) is 0.111. The van der Waals surface area contributed by atoms with Gasteiger partial charge in [0.25, 0.3) is 0 Å². The molecule has 8 nitrogen and oxygen atoms in total. The van der Waals surface area contributed by atoms with Gasteiger partial charge in [0.2, 0.25) is 0 Å². The molecule has 90 valence electrons. The highest BCUT2D eigenvalue weighted by atomic mass is 16.5. The first-order chi connectivity index (χ1) is 8.09. The lowest BCUT2D eigenvalue weighted by Crippen LogP contribution is -2.37. The molecule has 2 aromatic heterocycles. The highest BCUT2D eigenvalue weighted by Gasteiger charge is 2.15. The Labute approximate surface area is 96.6 Å². The molecule has 8 heteroatoms. The van der Waals surface area contributed by atoms with Crippen LogP contribution in [0.15, 0.2) is 22.8 Å². The van der Waals surface area contributed by atoms with E-state index in [1.807, 2.05) is 0 Å². The van der Waals surface area contributed by atoms with Crippen molar-refractivity contribution < 1.29 is 9.26 Å². The van der Waals surface area contributed by atoms with Gasteiger partial charge < -0.3 is 26.4 Å². The lowest BCUT2D eigenvalue weighted by molar-refractivity contribution is -0.652. The maximum absolute atomic E-state index is 11.3. The number of hydrogen-bond donors (Lipinski definition) is 4. The Morgan fingerprint density at radius 3 is 2.76 bits per heavy atom. The van der Waals surface area contributed by atoms with E-state index < -0.39 is 0 Å². The van der Waals surface area contributed by atoms with Crippen molar-refractivity contribution in [3.8, 4) is 0 Å². The van der Waals surface area contributed by atoms with Gasteiger partial charge in [0.1, 0.15) is 11.4 Å². The first-order valence-electron chi connectivity index (χ1n) is 4.80. The van der Waals surface area contributed by atoms with Crippen molar-refractivity contribution in [2.75, 3.05) is 22.5 Å². The van der Waals surface area contributed by atoms with E-state index in [-0.39, 0.29) is 27.9 Å². The standard InChI is InChI=1S/C9H12N6O2/c10-6-7(11)9(14-15(16)8(6)12)13-4-5-2-1-3-17-5/h1-3H,4,10-12H2,(H,13,14). The van der Waals surface area contributed by atoms with Crippen molar-refractivity contribution >= 4 is 23.0 Å². The molecule has 2 aromatic rings. The lowest BCUT2D eigenvalue weighted by Gasteiger charge is -2.11. The summed E-state index contributed by atoms with van der Waals surface area (Å²) in [6.45, 7) is 0.341. The van der Waals surface area contributed by atoms with Gasteiger partial charge in [0.05, 0.1) is 12.8 Å². The molecule has 0 aliphatic heterocycles. The summed E-state index contributed by atoms with van der Waals surface area (Å²) in [7, 11) is 0. The molecule has 0 fully saturated rings. The number of anilines is 4. The van der Waals surface area contributed by atoms with Crippen LogP contribution in [-0.4, -0.2) is 5.10 Å². The molecule has 0 unspecified atom stereocenters. The van der Waals surface area contributed by atoms with Gasteiger partial charge in [-0.15, -0.1) is 4.85 Å². The second kappa shape index (κ2) is 4.08. The summed E-state index contributed by atoms with van der Waals surface area (Å²) < 4.78 is 5.11. The topological polar surface area (TPSA) is 143 Å². The van der Waals surface area contributed by atoms with E-state index in [0.29, 0.717) is 12.3 Å². The Morgan fingerprint density at radius 1 is 1.35 bits per heavy atom. The predicted molar refractivity (Wildman–Crippen MR) is 62.5 cm³/mol. The Hall–Kier alpha value is -2.64. The van der Waals surface area contributed by atoms with Crippen molar-refractivity contribution in [3.63, 3.8) is 0 Å². The van der Waals surface area contributed by atoms with E-state index in [9.17, 15) is 5.21 Å². The molecule has 0 aromatic carbocycles. The largest absolute Gasteiger partial charge is 0.691 e. The van der Waals surface area contributed by atoms with Crippen molar-refractivity contribution in [3.05, 3.63) is 29.4 Å². The van der Waals surface area contributed by atoms with Gasteiger partial charge in [-0.25, -0.2) is 0 Å². The van der Waals surface area contributed by atoms with Crippen molar-refractivity contribution in [1.82, 2.24) is 5.10 Å². The van der Waals surface area contributed by atoms with Crippen LogP contribution in [-0.2, 0) is 6.54 Å². The van der Waals surface area contributed by atoms with E-state index in [1.54, 1.807) is 18.4 Å². The van der Waals surface area contributed by atoms with Gasteiger partial charge in [0.15, 0.2) is 11.5 Å². The third kappa shape index (κ3) is 2.00. The third-order valence-electron chi connectivity index (χ3n) is 2.23.